The van der Waals surface area contributed by atoms with Crippen LogP contribution in [0.25, 0.3) is 0 Å². The van der Waals surface area contributed by atoms with Crippen molar-refractivity contribution in [1.82, 2.24) is 26.6 Å². The third-order valence-corrected chi connectivity index (χ3v) is 17.8. The van der Waals surface area contributed by atoms with E-state index in [1.165, 1.54) is 39.0 Å². The number of hydrogen-bond acceptors (Lipinski definition) is 31. The highest BCUT2D eigenvalue weighted by Crippen LogP contribution is 2.37. The van der Waals surface area contributed by atoms with E-state index in [2.05, 4.69) is 45.7 Å². The second-order valence-corrected chi connectivity index (χ2v) is 25.3. The number of amides is 5. The van der Waals surface area contributed by atoms with Crippen LogP contribution < -0.4 is 31.3 Å². The summed E-state index contributed by atoms with van der Waals surface area (Å²) in [5, 5.41) is 158. The largest absolute Gasteiger partial charge is 0.494 e. The number of aliphatic hydroxyl groups is 13. The maximum atomic E-state index is 14.0. The van der Waals surface area contributed by atoms with Gasteiger partial charge < -0.3 is 155 Å². The Kier molecular flexibility index (Phi) is 31.7. The van der Waals surface area contributed by atoms with Crippen LogP contribution in [0.3, 0.4) is 0 Å². The van der Waals surface area contributed by atoms with Crippen LogP contribution in [0.1, 0.15) is 96.8 Å². The van der Waals surface area contributed by atoms with Crippen LogP contribution in [0.5, 0.6) is 5.75 Å². The highest BCUT2D eigenvalue weighted by atomic mass is 16.8. The zero-order chi connectivity index (χ0) is 72.5. The van der Waals surface area contributed by atoms with E-state index >= 15 is 0 Å². The number of rotatable bonds is 32. The topological polar surface area (TPSA) is 528 Å². The van der Waals surface area contributed by atoms with Gasteiger partial charge in [-0.05, 0) is 50.8 Å². The van der Waals surface area contributed by atoms with Crippen molar-refractivity contribution in [3.8, 4) is 5.75 Å². The summed E-state index contributed by atoms with van der Waals surface area (Å²) >= 11 is 0. The maximum absolute atomic E-state index is 14.0. The summed E-state index contributed by atoms with van der Waals surface area (Å²) < 4.78 is 77.9. The lowest BCUT2D eigenvalue weighted by Crippen LogP contribution is -2.72. The molecule has 564 valence electrons. The molecule has 0 bridgehead atoms. The monoisotopic (exact) mass is 1420 g/mol. The van der Waals surface area contributed by atoms with E-state index in [9.17, 15) is 90.4 Å². The summed E-state index contributed by atoms with van der Waals surface area (Å²) in [6, 6.07) is -2.45. The SMILES string of the molecule is CCCCCC/C=C\CCCOc1cccc(C(=O)N[C@@H]2C(O[C@H]3C(O)C(NC(C)=O)C(OC4C(CO)O[C@@H](O[C@H]5C(O)C(NC(C)=O)C(OC6C(CO[C@@H]7OC(C)C(O)[C@H](O)[C@H]7OC)O[C@@H](O)[C@@H](NC(C)=O)[C@H]6O)O[C@H]5CO)[C@@H](NC(C)=O)[C@H]4O)O[C@H]3CO)OC(CO)[C@@H](O)[C@@H]2O)c1. The Balaban J connectivity index is 1.07. The highest BCUT2D eigenvalue weighted by molar-refractivity contribution is 5.94. The van der Waals surface area contributed by atoms with Gasteiger partial charge in [0.25, 0.3) is 5.91 Å². The van der Waals surface area contributed by atoms with E-state index in [4.69, 9.17) is 61.6 Å². The molecule has 0 saturated carbocycles. The van der Waals surface area contributed by atoms with Crippen molar-refractivity contribution in [2.24, 2.45) is 0 Å². The standard InChI is InChI=1S/C63H101N5O31/c1-8-9-10-11-12-13-14-15-16-20-88-33-19-17-18-32(21-33)57(85)68-40-46(79)45(78)34(22-69)92-59(40)96-52-35(23-70)93-60(41(48(52)81)65-29(4)74)97-53-36(24-71)94-61(42(49(53)82)66-30(5)75)98-54-37(25-72)95-62(43(50(54)83)67-31(6)76)99-55-38(91-58(86)39(47(55)80)64-28(3)73)26-89-63-56(87-7)51(84)44(77)27(2)90-63/h13-14,17-19,21,27,34-56,58-63,69-72,77-84,86H,8-12,15-16,20,22-26H2,1-7H3,(H,64,73)(H,65,74)(H,66,75)(H,67,76)(H,68,85)/b14-13-/t27?,34?,35-,36?,37-,38?,39-,40-,41?,42-,43?,44?,45+,46+,47+,48?,49+,50?,51-,52+,53?,54+,55?,56+,58+,59?,60?,61-,62?,63+/m0/s1. The zero-order valence-electron chi connectivity index (χ0n) is 56.1. The summed E-state index contributed by atoms with van der Waals surface area (Å²) in [7, 11) is 1.21. The average Bonchev–Trinajstić information content (AvgIpc) is 0.771. The van der Waals surface area contributed by atoms with Gasteiger partial charge in [0.2, 0.25) is 23.6 Å². The molecule has 1 aromatic carbocycles. The lowest BCUT2D eigenvalue weighted by Gasteiger charge is -2.51. The van der Waals surface area contributed by atoms with E-state index in [-0.39, 0.29) is 5.56 Å². The van der Waals surface area contributed by atoms with Crippen molar-refractivity contribution in [2.45, 2.75) is 270 Å². The van der Waals surface area contributed by atoms with E-state index in [1.54, 1.807) is 12.1 Å². The third kappa shape index (κ3) is 20.9. The number of benzene rings is 1. The molecule has 6 aliphatic heterocycles. The van der Waals surface area contributed by atoms with Gasteiger partial charge in [-0.3, -0.25) is 24.0 Å². The minimum Gasteiger partial charge on any atom is -0.494 e. The minimum atomic E-state index is -2.07. The first kappa shape index (κ1) is 81.4. The Morgan fingerprint density at radius 1 is 0.465 bits per heavy atom. The van der Waals surface area contributed by atoms with E-state index in [1.807, 2.05) is 0 Å². The van der Waals surface area contributed by atoms with Crippen LogP contribution in [0.4, 0.5) is 0 Å². The van der Waals surface area contributed by atoms with Crippen molar-refractivity contribution >= 4 is 29.5 Å². The molecule has 6 aliphatic rings. The maximum Gasteiger partial charge on any atom is 0.251 e. The van der Waals surface area contributed by atoms with Crippen molar-refractivity contribution in [3.63, 3.8) is 0 Å². The molecule has 6 heterocycles. The Labute approximate surface area is 571 Å². The first-order valence-electron chi connectivity index (χ1n) is 33.2. The van der Waals surface area contributed by atoms with Gasteiger partial charge in [0.1, 0.15) is 146 Å². The van der Waals surface area contributed by atoms with Crippen LogP contribution in [-0.4, -0.2) is 327 Å². The van der Waals surface area contributed by atoms with E-state index in [0.29, 0.717) is 18.8 Å². The molecular weight excluding hydrogens is 1320 g/mol. The van der Waals surface area contributed by atoms with Gasteiger partial charge in [-0.25, -0.2) is 0 Å². The Morgan fingerprint density at radius 3 is 1.35 bits per heavy atom. The lowest BCUT2D eigenvalue weighted by atomic mass is 9.93. The van der Waals surface area contributed by atoms with E-state index < -0.39 is 246 Å². The second-order valence-electron chi connectivity index (χ2n) is 25.3. The van der Waals surface area contributed by atoms with Crippen LogP contribution in [0.2, 0.25) is 0 Å². The van der Waals surface area contributed by atoms with Crippen LogP contribution in [0.15, 0.2) is 36.4 Å². The predicted molar refractivity (Wildman–Crippen MR) is 333 cm³/mol. The number of unbranched alkanes of at least 4 members (excludes halogenated alkanes) is 5. The molecule has 36 heteroatoms. The van der Waals surface area contributed by atoms with Crippen molar-refractivity contribution < 1.29 is 152 Å². The number of methoxy groups -OCH3 is 1. The first-order valence-corrected chi connectivity index (χ1v) is 33.2. The number of carbonyl (C=O) groups excluding carboxylic acids is 5. The Morgan fingerprint density at radius 2 is 0.899 bits per heavy atom. The smallest absolute Gasteiger partial charge is 0.251 e. The molecule has 14 unspecified atom stereocenters. The summed E-state index contributed by atoms with van der Waals surface area (Å²) in [6.07, 6.45) is -32.0. The van der Waals surface area contributed by atoms with Crippen LogP contribution in [0, 0.1) is 0 Å². The molecule has 1 aromatic rings. The molecule has 30 atom stereocenters. The van der Waals surface area contributed by atoms with Crippen molar-refractivity contribution in [3.05, 3.63) is 42.0 Å². The molecule has 36 nitrogen and oxygen atoms in total. The fourth-order valence-corrected chi connectivity index (χ4v) is 12.7. The number of ether oxygens (including phenoxy) is 13. The molecular formula is C63H101N5O31. The highest BCUT2D eigenvalue weighted by Gasteiger charge is 2.58. The normalized spacial score (nSPS) is 39.6. The van der Waals surface area contributed by atoms with Crippen LogP contribution in [-0.2, 0) is 76.0 Å². The van der Waals surface area contributed by atoms with Crippen molar-refractivity contribution in [2.75, 3.05) is 46.8 Å². The van der Waals surface area contributed by atoms with Gasteiger partial charge in [-0.15, -0.1) is 0 Å². The zero-order valence-corrected chi connectivity index (χ0v) is 56.1. The number of hydrogen-bond donors (Lipinski definition) is 18. The number of nitrogens with one attached hydrogen (secondary N) is 5. The molecule has 0 spiro atoms. The number of allylic oxidation sites excluding steroid dienone is 2. The molecule has 0 aliphatic carbocycles. The lowest BCUT2D eigenvalue weighted by molar-refractivity contribution is -0.368. The van der Waals surface area contributed by atoms with Gasteiger partial charge in [-0.2, -0.15) is 0 Å². The quantitative estimate of drug-likeness (QED) is 0.0235. The van der Waals surface area contributed by atoms with Gasteiger partial charge in [-0.1, -0.05) is 44.4 Å². The average molecular weight is 1420 g/mol. The minimum absolute atomic E-state index is 0.0482. The molecule has 6 fully saturated rings. The number of aliphatic hydroxyl groups excluding tert-OH is 13. The fraction of sp³-hybridized carbons (Fsp3) is 0.794. The van der Waals surface area contributed by atoms with Gasteiger partial charge in [0.05, 0.1) is 45.7 Å². The summed E-state index contributed by atoms with van der Waals surface area (Å²) in [4.78, 5) is 65.1. The first-order chi connectivity index (χ1) is 47.2. The van der Waals surface area contributed by atoms with Gasteiger partial charge in [0, 0.05) is 40.4 Å². The molecule has 0 aromatic heterocycles. The summed E-state index contributed by atoms with van der Waals surface area (Å²) in [5.74, 6) is -3.67. The van der Waals surface area contributed by atoms with E-state index in [0.717, 1.165) is 53.4 Å². The number of carbonyl (C=O) groups is 5. The van der Waals surface area contributed by atoms with Gasteiger partial charge in [0.15, 0.2) is 37.7 Å². The Hall–Kier alpha value is -4.89. The molecule has 7 rings (SSSR count). The van der Waals surface area contributed by atoms with Crippen molar-refractivity contribution in [1.29, 1.82) is 0 Å². The molecule has 5 amide bonds. The Bertz CT molecular complexity index is 2730. The third-order valence-electron chi connectivity index (χ3n) is 17.8. The predicted octanol–water partition coefficient (Wildman–Crippen LogP) is -6.72. The molecule has 6 saturated heterocycles. The molecule has 18 N–H and O–H groups in total. The molecule has 0 radical (unpaired) electrons. The fourth-order valence-electron chi connectivity index (χ4n) is 12.7. The van der Waals surface area contributed by atoms with Crippen LogP contribution >= 0.6 is 0 Å². The van der Waals surface area contributed by atoms with Gasteiger partial charge >= 0.3 is 0 Å². The summed E-state index contributed by atoms with van der Waals surface area (Å²) in [6.45, 7) is 3.52. The summed E-state index contributed by atoms with van der Waals surface area (Å²) in [5.41, 5.74) is 0.0482. The molecule has 99 heavy (non-hydrogen) atoms. The second kappa shape index (κ2) is 38.6.